The normalized spacial score (nSPS) is 18.0. The van der Waals surface area contributed by atoms with E-state index in [4.69, 9.17) is 32.8 Å². The minimum atomic E-state index is -4.51. The number of para-hydroxylation sites is 4. The molecule has 1 atom stereocenters. The molecule has 64 heavy (non-hydrogen) atoms. The largest absolute Gasteiger partial charge is 0.278 e. The van der Waals surface area contributed by atoms with Crippen molar-refractivity contribution < 1.29 is 34.3 Å². The van der Waals surface area contributed by atoms with E-state index in [0.29, 0.717) is 21.1 Å². The van der Waals surface area contributed by atoms with Gasteiger partial charge >= 0.3 is 0 Å². The third kappa shape index (κ3) is 6.03. The van der Waals surface area contributed by atoms with Gasteiger partial charge in [0.1, 0.15) is 0 Å². The predicted molar refractivity (Wildman–Crippen MR) is 268 cm³/mol. The van der Waals surface area contributed by atoms with Gasteiger partial charge in [-0.1, -0.05) is 211 Å². The van der Waals surface area contributed by atoms with Crippen LogP contribution >= 0.6 is 0 Å². The van der Waals surface area contributed by atoms with Crippen molar-refractivity contribution in [2.24, 2.45) is 0 Å². The summed E-state index contributed by atoms with van der Waals surface area (Å²) in [5, 5.41) is -0.697. The van der Waals surface area contributed by atoms with E-state index in [-0.39, 0.29) is 16.3 Å². The number of hydrogen-bond acceptors (Lipinski definition) is 3. The number of benzene rings is 9. The molecule has 0 saturated carbocycles. The summed E-state index contributed by atoms with van der Waals surface area (Å²) in [7, 11) is -4.51. The fraction of sp³-hybridized carbons (Fsp3) is 0.0172. The van der Waals surface area contributed by atoms with E-state index in [1.807, 2.05) is 6.07 Å². The zero-order valence-corrected chi connectivity index (χ0v) is 34.2. The Morgan fingerprint density at radius 2 is 0.875 bits per heavy atom. The van der Waals surface area contributed by atoms with Crippen molar-refractivity contribution in [3.8, 4) is 34.4 Å². The van der Waals surface area contributed by atoms with Gasteiger partial charge in [0.05, 0.1) is 56.3 Å². The number of fused-ring (bicyclic) bond motifs is 6. The average Bonchev–Trinajstić information content (AvgIpc) is 1.71. The Kier molecular flexibility index (Phi) is 4.76. The van der Waals surface area contributed by atoms with Crippen molar-refractivity contribution >= 4 is 72.4 Å². The summed E-state index contributed by atoms with van der Waals surface area (Å²) < 4.78 is 230. The highest BCUT2D eigenvalue weighted by molar-refractivity contribution is 7.20. The van der Waals surface area contributed by atoms with Gasteiger partial charge in [0.2, 0.25) is 11.9 Å². The maximum atomic E-state index is 10.7. The van der Waals surface area contributed by atoms with Gasteiger partial charge in [-0.05, 0) is 63.0 Å². The molecule has 0 fully saturated rings. The molecule has 0 saturated heterocycles. The highest BCUT2D eigenvalue weighted by Crippen LogP contribution is 2.34. The molecule has 3 heterocycles. The minimum absolute atomic E-state index is 0.137. The molecule has 0 spiro atoms. The van der Waals surface area contributed by atoms with E-state index < -0.39 is 226 Å². The second-order valence-electron chi connectivity index (χ2n) is 14.6. The van der Waals surface area contributed by atoms with E-state index in [9.17, 15) is 16.4 Å². The Labute approximate surface area is 407 Å². The van der Waals surface area contributed by atoms with Crippen molar-refractivity contribution in [1.29, 1.82) is 0 Å². The van der Waals surface area contributed by atoms with Crippen molar-refractivity contribution in [3.05, 3.63) is 235 Å². The third-order valence-corrected chi connectivity index (χ3v) is 15.6. The smallest absolute Gasteiger partial charge is 0.240 e. The molecule has 0 N–H and O–H groups in total. The molecule has 6 heteroatoms. The van der Waals surface area contributed by atoms with Crippen LogP contribution in [0.1, 0.15) is 39.8 Å². The van der Waals surface area contributed by atoms with Crippen molar-refractivity contribution in [2.45, 2.75) is 6.92 Å². The quantitative estimate of drug-likeness (QED) is 0.113. The Morgan fingerprint density at radius 1 is 0.391 bits per heavy atom. The molecule has 0 aliphatic carbocycles. The fourth-order valence-corrected chi connectivity index (χ4v) is 13.0. The lowest BCUT2D eigenvalue weighted by atomic mass is 10.1. The predicted octanol–water partition coefficient (Wildman–Crippen LogP) is 11.1. The summed E-state index contributed by atoms with van der Waals surface area (Å²) in [5.74, 6) is -2.40. The van der Waals surface area contributed by atoms with Crippen LogP contribution in [0.5, 0.6) is 0 Å². The average molecular weight is 861 g/mol. The summed E-state index contributed by atoms with van der Waals surface area (Å²) in [6.07, 6.45) is 0. The Morgan fingerprint density at radius 3 is 1.44 bits per heavy atom. The molecular weight excluding hydrogens is 795 g/mol. The second kappa shape index (κ2) is 15.3. The number of hydrogen-bond donors (Lipinski definition) is 0. The molecule has 0 bridgehead atoms. The monoisotopic (exact) mass is 860 g/mol. The third-order valence-electron chi connectivity index (χ3n) is 11.0. The van der Waals surface area contributed by atoms with Crippen molar-refractivity contribution in [2.75, 3.05) is 0 Å². The van der Waals surface area contributed by atoms with Crippen LogP contribution in [0.15, 0.2) is 230 Å². The van der Waals surface area contributed by atoms with Gasteiger partial charge < -0.3 is 0 Å². The molecule has 302 valence electrons. The van der Waals surface area contributed by atoms with Gasteiger partial charge in [0.25, 0.3) is 0 Å². The molecule has 0 amide bonds. The van der Waals surface area contributed by atoms with Gasteiger partial charge in [-0.2, -0.15) is 15.0 Å². The molecular formula is C58H41N5Si. The zero-order chi connectivity index (χ0) is 64.4. The molecule has 9 aromatic carbocycles. The van der Waals surface area contributed by atoms with E-state index in [1.165, 1.54) is 6.07 Å². The number of nitrogens with zero attached hydrogens (tertiary/aromatic N) is 5. The zero-order valence-electron chi connectivity index (χ0n) is 58.2. The molecule has 12 rings (SSSR count). The molecule has 0 aliphatic rings. The molecule has 1 unspecified atom stereocenters. The molecule has 12 aromatic rings. The van der Waals surface area contributed by atoms with Gasteiger partial charge in [-0.15, -0.1) is 0 Å². The van der Waals surface area contributed by atoms with Crippen molar-refractivity contribution in [1.82, 2.24) is 24.1 Å². The van der Waals surface area contributed by atoms with Crippen molar-refractivity contribution in [3.63, 3.8) is 0 Å². The van der Waals surface area contributed by atoms with Gasteiger partial charge in [-0.3, -0.25) is 9.13 Å². The molecule has 0 radical (unpaired) electrons. The van der Waals surface area contributed by atoms with Crippen LogP contribution in [0, 0.1) is 6.92 Å². The van der Waals surface area contributed by atoms with E-state index in [1.54, 1.807) is 73.7 Å². The summed E-state index contributed by atoms with van der Waals surface area (Å²) >= 11 is 0. The number of aryl methyl sites for hydroxylation is 1. The van der Waals surface area contributed by atoms with Crippen LogP contribution in [0.3, 0.4) is 0 Å². The highest BCUT2D eigenvalue weighted by Gasteiger charge is 2.42. The summed E-state index contributed by atoms with van der Waals surface area (Å²) in [6, 6.07) is 3.14. The van der Waals surface area contributed by atoms with Gasteiger partial charge in [0, 0.05) is 27.1 Å². The van der Waals surface area contributed by atoms with Crippen LogP contribution in [-0.2, 0) is 0 Å². The number of rotatable bonds is 8. The summed E-state index contributed by atoms with van der Waals surface area (Å²) in [6.45, 7) is 1.80. The van der Waals surface area contributed by atoms with Crippen LogP contribution in [0.2, 0.25) is 0 Å². The van der Waals surface area contributed by atoms with Crippen LogP contribution in [0.4, 0.5) is 0 Å². The Bertz CT molecular complexity index is 4820. The highest BCUT2D eigenvalue weighted by atomic mass is 28.3. The van der Waals surface area contributed by atoms with E-state index >= 15 is 0 Å². The van der Waals surface area contributed by atoms with Crippen LogP contribution in [-0.4, -0.2) is 32.2 Å². The summed E-state index contributed by atoms with van der Waals surface area (Å²) in [5.41, 5.74) is -2.16. The van der Waals surface area contributed by atoms with E-state index in [0.717, 1.165) is 9.13 Å². The first kappa shape index (κ1) is 19.9. The minimum Gasteiger partial charge on any atom is -0.278 e. The molecule has 3 aromatic heterocycles. The fourth-order valence-electron chi connectivity index (χ4n) is 8.35. The second-order valence-corrected chi connectivity index (χ2v) is 18.4. The first-order valence-corrected chi connectivity index (χ1v) is 21.7. The maximum Gasteiger partial charge on any atom is 0.240 e. The molecule has 5 nitrogen and oxygen atoms in total. The lowest BCUT2D eigenvalue weighted by Crippen LogP contribution is -2.74. The van der Waals surface area contributed by atoms with Crippen LogP contribution in [0.25, 0.3) is 78.0 Å². The standard InChI is InChI=1S/C58H41N5Si/c1-40-19-16-26-45(37-40)64(44-24-6-3-7-25-44,46-27-17-22-42(38-46)41-20-4-2-5-21-41)47-28-18-23-43(39-47)56-59-57(62-52-33-12-8-29-48(52)49-30-9-13-34-53(49)62)61-58(60-56)63-54-35-14-10-31-50(54)51-32-11-15-36-55(51)63/h2-39H,1H3/i2D,4D,5D,8D,9D,10D,11D,12D,13D,14D,15D,18D,20D,21D,23D,28D,29D,30D,31D,32D,33D,34D,35D,36D,39D. The Hall–Kier alpha value is -8.19. The first-order chi connectivity index (χ1) is 42.0. The Balaban J connectivity index is 1.32. The first-order valence-electron chi connectivity index (χ1n) is 32.2. The van der Waals surface area contributed by atoms with E-state index in [2.05, 4.69) is 0 Å². The lowest BCUT2D eigenvalue weighted by molar-refractivity contribution is 0.893. The van der Waals surface area contributed by atoms with Gasteiger partial charge in [-0.25, -0.2) is 0 Å². The number of aromatic nitrogens is 5. The van der Waals surface area contributed by atoms with Crippen LogP contribution < -0.4 is 20.7 Å². The molecule has 0 aliphatic heterocycles. The van der Waals surface area contributed by atoms with Gasteiger partial charge in [0.15, 0.2) is 13.9 Å². The topological polar surface area (TPSA) is 48.5 Å². The lowest BCUT2D eigenvalue weighted by Gasteiger charge is -2.35. The summed E-state index contributed by atoms with van der Waals surface area (Å²) in [4.78, 5) is 14.4. The maximum absolute atomic E-state index is 10.7. The SMILES string of the molecule is [2H]c1c([2H])c([2H])c(-c2cccc([Si](c3ccccc3)(c3cccc(C)c3)c3c([2H])c([2H])c([2H])c(-c4nc(-n5c6c([2H])c([2H])c([2H])c([2H])c6c6c([2H])c([2H])c([2H])c([2H])c65)nc(-n5c6c([2H])c([2H])c([2H])c([2H])c6c6c([2H])c([2H])c([2H])c([2H])c65)n4)c3[2H])c2)c([2H])c1[2H].